The molecule has 4 rings (SSSR count). The molecule has 0 heterocycles. The molecule has 132 valence electrons. The molecule has 5 nitrogen and oxygen atoms in total. The van der Waals surface area contributed by atoms with Gasteiger partial charge in [0.25, 0.3) is 0 Å². The quantitative estimate of drug-likeness (QED) is 0.525. The van der Waals surface area contributed by atoms with E-state index in [1.807, 2.05) is 24.3 Å². The van der Waals surface area contributed by atoms with Crippen molar-refractivity contribution in [2.75, 3.05) is 0 Å². The minimum absolute atomic E-state index is 0.0297. The number of carboxylic acids is 2. The molecule has 0 radical (unpaired) electrons. The number of fused-ring (bicyclic) bond motifs is 2. The molecule has 0 bridgehead atoms. The predicted octanol–water partition coefficient (Wildman–Crippen LogP) is 5.18. The van der Waals surface area contributed by atoms with Crippen LogP contribution in [-0.2, 0) is 0 Å². The molecule has 0 fully saturated rings. The molecule has 5 heteroatoms. The van der Waals surface area contributed by atoms with E-state index in [2.05, 4.69) is 0 Å². The molecular formula is C22H14O5. The van der Waals surface area contributed by atoms with Gasteiger partial charge in [0.05, 0.1) is 0 Å². The average molecular weight is 358 g/mol. The van der Waals surface area contributed by atoms with Gasteiger partial charge in [0, 0.05) is 10.8 Å². The fourth-order valence-electron chi connectivity index (χ4n) is 3.14. The van der Waals surface area contributed by atoms with E-state index in [4.69, 9.17) is 4.74 Å². The van der Waals surface area contributed by atoms with E-state index in [9.17, 15) is 19.8 Å². The van der Waals surface area contributed by atoms with Gasteiger partial charge in [-0.05, 0) is 22.9 Å². The maximum atomic E-state index is 11.7. The van der Waals surface area contributed by atoms with Gasteiger partial charge in [0.1, 0.15) is 22.6 Å². The lowest BCUT2D eigenvalue weighted by atomic mass is 10.0. The lowest BCUT2D eigenvalue weighted by Crippen LogP contribution is -2.04. The maximum Gasteiger partial charge on any atom is 0.339 e. The summed E-state index contributed by atoms with van der Waals surface area (Å²) >= 11 is 0. The van der Waals surface area contributed by atoms with Crippen molar-refractivity contribution < 1.29 is 24.5 Å². The summed E-state index contributed by atoms with van der Waals surface area (Å²) in [5.74, 6) is -2.04. The fourth-order valence-corrected chi connectivity index (χ4v) is 3.14. The molecule has 0 amide bonds. The summed E-state index contributed by atoms with van der Waals surface area (Å²) < 4.78 is 6.03. The van der Waals surface area contributed by atoms with Crippen molar-refractivity contribution in [1.29, 1.82) is 0 Å². The number of carboxylic acid groups (broad SMARTS) is 2. The number of rotatable bonds is 4. The highest BCUT2D eigenvalue weighted by Crippen LogP contribution is 2.38. The molecule has 0 aliphatic heterocycles. The van der Waals surface area contributed by atoms with Crippen LogP contribution in [-0.4, -0.2) is 22.2 Å². The van der Waals surface area contributed by atoms with E-state index >= 15 is 0 Å². The summed E-state index contributed by atoms with van der Waals surface area (Å²) in [6, 6.07) is 20.8. The second-order valence-corrected chi connectivity index (χ2v) is 6.04. The Bertz CT molecular complexity index is 1110. The zero-order valence-corrected chi connectivity index (χ0v) is 14.0. The smallest absolute Gasteiger partial charge is 0.339 e. The largest absolute Gasteiger partial charge is 0.478 e. The van der Waals surface area contributed by atoms with Crippen LogP contribution in [0.2, 0.25) is 0 Å². The monoisotopic (exact) mass is 358 g/mol. The first-order chi connectivity index (χ1) is 13.1. The topological polar surface area (TPSA) is 83.8 Å². The van der Waals surface area contributed by atoms with Crippen molar-refractivity contribution in [3.05, 3.63) is 83.9 Å². The maximum absolute atomic E-state index is 11.7. The first kappa shape index (κ1) is 16.6. The lowest BCUT2D eigenvalue weighted by Gasteiger charge is -2.16. The number of benzene rings is 4. The standard InChI is InChI=1S/C22H14O5/c23-21(24)17-11-9-13-5-1-3-7-15(13)19(17)27-20-16-8-4-2-6-14(16)10-12-18(20)22(25)26/h1-12H,(H,23,24)(H,25,26). The van der Waals surface area contributed by atoms with Crippen molar-refractivity contribution in [3.63, 3.8) is 0 Å². The fraction of sp³-hybridized carbons (Fsp3) is 0. The van der Waals surface area contributed by atoms with Gasteiger partial charge in [-0.25, -0.2) is 9.59 Å². The van der Waals surface area contributed by atoms with Crippen LogP contribution < -0.4 is 4.74 Å². The van der Waals surface area contributed by atoms with E-state index in [0.29, 0.717) is 10.8 Å². The van der Waals surface area contributed by atoms with Crippen LogP contribution in [0, 0.1) is 0 Å². The Morgan fingerprint density at radius 2 is 1.00 bits per heavy atom. The molecule has 27 heavy (non-hydrogen) atoms. The van der Waals surface area contributed by atoms with Gasteiger partial charge in [0.15, 0.2) is 0 Å². The van der Waals surface area contributed by atoms with Crippen molar-refractivity contribution in [3.8, 4) is 11.5 Å². The van der Waals surface area contributed by atoms with E-state index in [-0.39, 0.29) is 22.6 Å². The van der Waals surface area contributed by atoms with Crippen LogP contribution in [0.25, 0.3) is 21.5 Å². The summed E-state index contributed by atoms with van der Waals surface area (Å²) in [4.78, 5) is 23.5. The van der Waals surface area contributed by atoms with Crippen LogP contribution in [0.1, 0.15) is 20.7 Å². The zero-order valence-electron chi connectivity index (χ0n) is 14.0. The minimum atomic E-state index is -1.15. The average Bonchev–Trinajstić information content (AvgIpc) is 2.68. The first-order valence-corrected chi connectivity index (χ1v) is 8.24. The molecule has 4 aromatic carbocycles. The van der Waals surface area contributed by atoms with Gasteiger partial charge >= 0.3 is 11.9 Å². The molecule has 0 aromatic heterocycles. The number of aromatic carboxylic acids is 2. The summed E-state index contributed by atoms with van der Waals surface area (Å²) in [6.07, 6.45) is 0. The molecular weight excluding hydrogens is 344 g/mol. The van der Waals surface area contributed by atoms with Gasteiger partial charge in [-0.1, -0.05) is 60.7 Å². The Morgan fingerprint density at radius 1 is 0.593 bits per heavy atom. The first-order valence-electron chi connectivity index (χ1n) is 8.24. The highest BCUT2D eigenvalue weighted by molar-refractivity contribution is 6.03. The molecule has 4 aromatic rings. The third-order valence-corrected chi connectivity index (χ3v) is 4.42. The second kappa shape index (κ2) is 6.46. The third-order valence-electron chi connectivity index (χ3n) is 4.42. The second-order valence-electron chi connectivity index (χ2n) is 6.04. The molecule has 0 saturated heterocycles. The summed E-state index contributed by atoms with van der Waals surface area (Å²) in [6.45, 7) is 0. The minimum Gasteiger partial charge on any atom is -0.478 e. The highest BCUT2D eigenvalue weighted by atomic mass is 16.5. The third kappa shape index (κ3) is 2.85. The number of carbonyl (C=O) groups is 2. The Kier molecular flexibility index (Phi) is 3.97. The van der Waals surface area contributed by atoms with Crippen molar-refractivity contribution in [2.24, 2.45) is 0 Å². The Labute approximate surface area is 154 Å². The summed E-state index contributed by atoms with van der Waals surface area (Å²) in [5.41, 5.74) is -0.0593. The van der Waals surface area contributed by atoms with Crippen molar-refractivity contribution >= 4 is 33.5 Å². The van der Waals surface area contributed by atoms with Crippen molar-refractivity contribution in [2.45, 2.75) is 0 Å². The van der Waals surface area contributed by atoms with Crippen LogP contribution in [0.3, 0.4) is 0 Å². The van der Waals surface area contributed by atoms with Crippen LogP contribution in [0.5, 0.6) is 11.5 Å². The molecule has 0 aliphatic rings. The molecule has 0 spiro atoms. The Morgan fingerprint density at radius 3 is 1.41 bits per heavy atom. The van der Waals surface area contributed by atoms with Crippen LogP contribution in [0.15, 0.2) is 72.8 Å². The number of ether oxygens (including phenoxy) is 1. The van der Waals surface area contributed by atoms with Crippen molar-refractivity contribution in [1.82, 2.24) is 0 Å². The zero-order chi connectivity index (χ0) is 19.0. The summed E-state index contributed by atoms with van der Waals surface area (Å²) in [5, 5.41) is 22.0. The van der Waals surface area contributed by atoms with E-state index < -0.39 is 11.9 Å². The highest BCUT2D eigenvalue weighted by Gasteiger charge is 2.20. The molecule has 0 atom stereocenters. The SMILES string of the molecule is O=C(O)c1ccc2ccccc2c1Oc1c(C(=O)O)ccc2ccccc12. The molecule has 0 aliphatic carbocycles. The van der Waals surface area contributed by atoms with Gasteiger partial charge in [0.2, 0.25) is 0 Å². The van der Waals surface area contributed by atoms with Gasteiger partial charge in [-0.2, -0.15) is 0 Å². The number of hydrogen-bond acceptors (Lipinski definition) is 3. The Balaban J connectivity index is 2.03. The van der Waals surface area contributed by atoms with E-state index in [1.54, 1.807) is 36.4 Å². The van der Waals surface area contributed by atoms with E-state index in [0.717, 1.165) is 10.8 Å². The molecule has 0 saturated carbocycles. The predicted molar refractivity (Wildman–Crippen MR) is 102 cm³/mol. The number of hydrogen-bond donors (Lipinski definition) is 2. The van der Waals surface area contributed by atoms with Gasteiger partial charge in [-0.3, -0.25) is 0 Å². The van der Waals surface area contributed by atoms with Crippen LogP contribution in [0.4, 0.5) is 0 Å². The normalized spacial score (nSPS) is 10.8. The molecule has 2 N–H and O–H groups in total. The van der Waals surface area contributed by atoms with E-state index in [1.165, 1.54) is 12.1 Å². The summed E-state index contributed by atoms with van der Waals surface area (Å²) in [7, 11) is 0. The van der Waals surface area contributed by atoms with Crippen LogP contribution >= 0.6 is 0 Å². The van der Waals surface area contributed by atoms with Gasteiger partial charge in [-0.15, -0.1) is 0 Å². The lowest BCUT2D eigenvalue weighted by molar-refractivity contribution is 0.0687. The molecule has 0 unspecified atom stereocenters. The van der Waals surface area contributed by atoms with Gasteiger partial charge < -0.3 is 14.9 Å². The Hall–Kier alpha value is -3.86.